The molecule has 6 heteroatoms. The monoisotopic (exact) mass is 326 g/mol. The fraction of sp³-hybridized carbons (Fsp3) is 0.562. The Morgan fingerprint density at radius 1 is 1.36 bits per heavy atom. The lowest BCUT2D eigenvalue weighted by atomic mass is 10.0. The number of phenols is 1. The molecule has 5 nitrogen and oxygen atoms in total. The summed E-state index contributed by atoms with van der Waals surface area (Å²) in [5.74, 6) is 0.0759. The normalized spacial score (nSPS) is 16.5. The number of anilines is 1. The Kier molecular flexibility index (Phi) is 5.06. The number of halogens is 1. The number of hydrogen-bond donors (Lipinski definition) is 2. The number of amides is 1. The molecule has 1 aromatic rings. The summed E-state index contributed by atoms with van der Waals surface area (Å²) in [6.45, 7) is 6.94. The van der Waals surface area contributed by atoms with E-state index in [2.05, 4.69) is 5.32 Å². The zero-order valence-corrected chi connectivity index (χ0v) is 14.0. The summed E-state index contributed by atoms with van der Waals surface area (Å²) in [6, 6.07) is 5.35. The molecule has 1 amide bonds. The number of nitrogens with zero attached hydrogens (tertiary/aromatic N) is 1. The molecule has 2 rings (SSSR count). The molecule has 0 spiro atoms. The second-order valence-corrected chi connectivity index (χ2v) is 6.96. The van der Waals surface area contributed by atoms with Gasteiger partial charge in [0, 0.05) is 24.8 Å². The maximum Gasteiger partial charge on any atom is 0.410 e. The van der Waals surface area contributed by atoms with Gasteiger partial charge in [0.25, 0.3) is 0 Å². The molecule has 0 aliphatic carbocycles. The molecule has 0 atom stereocenters. The Labute approximate surface area is 136 Å². The van der Waals surface area contributed by atoms with Crippen LogP contribution in [0.5, 0.6) is 5.75 Å². The topological polar surface area (TPSA) is 61.8 Å². The van der Waals surface area contributed by atoms with Crippen LogP contribution >= 0.6 is 11.6 Å². The third-order valence-corrected chi connectivity index (χ3v) is 3.77. The lowest BCUT2D eigenvalue weighted by Crippen LogP contribution is -2.44. The minimum atomic E-state index is -0.463. The summed E-state index contributed by atoms with van der Waals surface area (Å²) < 4.78 is 5.38. The number of piperidine rings is 1. The van der Waals surface area contributed by atoms with Gasteiger partial charge < -0.3 is 20.1 Å². The average Bonchev–Trinajstić information content (AvgIpc) is 2.42. The van der Waals surface area contributed by atoms with Crippen molar-refractivity contribution >= 4 is 23.4 Å². The first-order valence-electron chi connectivity index (χ1n) is 7.47. The van der Waals surface area contributed by atoms with E-state index < -0.39 is 5.60 Å². The van der Waals surface area contributed by atoms with Crippen molar-refractivity contribution in [1.82, 2.24) is 4.90 Å². The van der Waals surface area contributed by atoms with Gasteiger partial charge in [-0.25, -0.2) is 4.79 Å². The van der Waals surface area contributed by atoms with Gasteiger partial charge in [-0.2, -0.15) is 0 Å². The molecule has 0 radical (unpaired) electrons. The van der Waals surface area contributed by atoms with Crippen LogP contribution in [0.1, 0.15) is 33.6 Å². The van der Waals surface area contributed by atoms with E-state index in [1.54, 1.807) is 23.1 Å². The van der Waals surface area contributed by atoms with Crippen LogP contribution in [0.3, 0.4) is 0 Å². The van der Waals surface area contributed by atoms with Gasteiger partial charge >= 0.3 is 6.09 Å². The van der Waals surface area contributed by atoms with Gasteiger partial charge in [0.1, 0.15) is 11.4 Å². The number of nitrogens with one attached hydrogen (secondary N) is 1. The van der Waals surface area contributed by atoms with Crippen molar-refractivity contribution in [3.8, 4) is 5.75 Å². The van der Waals surface area contributed by atoms with Crippen molar-refractivity contribution in [2.24, 2.45) is 0 Å². The predicted molar refractivity (Wildman–Crippen MR) is 87.6 cm³/mol. The van der Waals surface area contributed by atoms with Crippen LogP contribution in [0.4, 0.5) is 10.5 Å². The number of aromatic hydroxyl groups is 1. The van der Waals surface area contributed by atoms with E-state index in [9.17, 15) is 9.90 Å². The lowest BCUT2D eigenvalue weighted by molar-refractivity contribution is 0.0210. The van der Waals surface area contributed by atoms with Crippen LogP contribution in [-0.2, 0) is 4.74 Å². The molecule has 0 bridgehead atoms. The first-order valence-corrected chi connectivity index (χ1v) is 7.85. The molecule has 1 fully saturated rings. The lowest BCUT2D eigenvalue weighted by Gasteiger charge is -2.34. The Bertz CT molecular complexity index is 535. The SMILES string of the molecule is CC(C)(C)OC(=O)N1CCC(Nc2ccc(O)c(Cl)c2)CC1. The van der Waals surface area contributed by atoms with Crippen LogP contribution in [0.15, 0.2) is 18.2 Å². The standard InChI is InChI=1S/C16H23ClN2O3/c1-16(2,3)22-15(21)19-8-6-11(7-9-19)18-12-4-5-14(20)13(17)10-12/h4-5,10-11,18,20H,6-9H2,1-3H3. The van der Waals surface area contributed by atoms with Crippen molar-refractivity contribution in [1.29, 1.82) is 0 Å². The number of hydrogen-bond acceptors (Lipinski definition) is 4. The van der Waals surface area contributed by atoms with Crippen molar-refractivity contribution in [3.63, 3.8) is 0 Å². The number of likely N-dealkylation sites (tertiary alicyclic amines) is 1. The van der Waals surface area contributed by atoms with E-state index in [0.717, 1.165) is 18.5 Å². The third-order valence-electron chi connectivity index (χ3n) is 3.47. The smallest absolute Gasteiger partial charge is 0.410 e. The highest BCUT2D eigenvalue weighted by Gasteiger charge is 2.26. The Morgan fingerprint density at radius 3 is 2.55 bits per heavy atom. The fourth-order valence-electron chi connectivity index (χ4n) is 2.37. The molecule has 122 valence electrons. The molecule has 0 saturated carbocycles. The summed E-state index contributed by atoms with van der Waals surface area (Å²) in [7, 11) is 0. The van der Waals surface area contributed by atoms with Gasteiger partial charge in [-0.15, -0.1) is 0 Å². The van der Waals surface area contributed by atoms with E-state index in [-0.39, 0.29) is 17.9 Å². The third kappa shape index (κ3) is 4.70. The van der Waals surface area contributed by atoms with Crippen molar-refractivity contribution in [3.05, 3.63) is 23.2 Å². The first-order chi connectivity index (χ1) is 10.2. The Balaban J connectivity index is 1.84. The number of carbonyl (C=O) groups excluding carboxylic acids is 1. The van der Waals surface area contributed by atoms with Crippen molar-refractivity contribution in [2.45, 2.75) is 45.3 Å². The number of carbonyl (C=O) groups is 1. The largest absolute Gasteiger partial charge is 0.506 e. The molecule has 0 aromatic heterocycles. The first kappa shape index (κ1) is 16.7. The number of phenolic OH excluding ortho intramolecular Hbond substituents is 1. The number of benzene rings is 1. The Morgan fingerprint density at radius 2 is 2.00 bits per heavy atom. The number of rotatable bonds is 2. The van der Waals surface area contributed by atoms with Crippen LogP contribution in [0.2, 0.25) is 5.02 Å². The molecular weight excluding hydrogens is 304 g/mol. The summed E-state index contributed by atoms with van der Waals surface area (Å²) in [5, 5.41) is 13.1. The highest BCUT2D eigenvalue weighted by atomic mass is 35.5. The minimum Gasteiger partial charge on any atom is -0.506 e. The Hall–Kier alpha value is -1.62. The minimum absolute atomic E-state index is 0.0759. The van der Waals surface area contributed by atoms with Gasteiger partial charge in [-0.3, -0.25) is 0 Å². The van der Waals surface area contributed by atoms with Crippen LogP contribution < -0.4 is 5.32 Å². The highest BCUT2D eigenvalue weighted by Crippen LogP contribution is 2.27. The molecule has 1 aliphatic heterocycles. The summed E-state index contributed by atoms with van der Waals surface area (Å²) in [5.41, 5.74) is 0.410. The van der Waals surface area contributed by atoms with Crippen LogP contribution in [-0.4, -0.2) is 40.8 Å². The predicted octanol–water partition coefficient (Wildman–Crippen LogP) is 3.86. The zero-order valence-electron chi connectivity index (χ0n) is 13.2. The summed E-state index contributed by atoms with van der Waals surface area (Å²) >= 11 is 5.90. The van der Waals surface area contributed by atoms with Crippen molar-refractivity contribution in [2.75, 3.05) is 18.4 Å². The van der Waals surface area contributed by atoms with E-state index in [4.69, 9.17) is 16.3 Å². The molecule has 22 heavy (non-hydrogen) atoms. The highest BCUT2D eigenvalue weighted by molar-refractivity contribution is 6.32. The van der Waals surface area contributed by atoms with Gasteiger partial charge in [0.15, 0.2) is 0 Å². The van der Waals surface area contributed by atoms with E-state index >= 15 is 0 Å². The maximum absolute atomic E-state index is 12.0. The molecule has 0 unspecified atom stereocenters. The molecule has 1 aromatic carbocycles. The molecule has 2 N–H and O–H groups in total. The number of ether oxygens (including phenoxy) is 1. The molecule has 1 saturated heterocycles. The van der Waals surface area contributed by atoms with E-state index in [1.807, 2.05) is 20.8 Å². The second kappa shape index (κ2) is 6.65. The zero-order chi connectivity index (χ0) is 16.3. The summed E-state index contributed by atoms with van der Waals surface area (Å²) in [6.07, 6.45) is 1.44. The maximum atomic E-state index is 12.0. The van der Waals surface area contributed by atoms with E-state index in [0.29, 0.717) is 18.1 Å². The van der Waals surface area contributed by atoms with E-state index in [1.165, 1.54) is 0 Å². The average molecular weight is 327 g/mol. The van der Waals surface area contributed by atoms with Gasteiger partial charge in [-0.05, 0) is 51.8 Å². The van der Waals surface area contributed by atoms with Gasteiger partial charge in [0.2, 0.25) is 0 Å². The molecule has 1 heterocycles. The van der Waals surface area contributed by atoms with Crippen molar-refractivity contribution < 1.29 is 14.6 Å². The molecular formula is C16H23ClN2O3. The molecule has 1 aliphatic rings. The van der Waals surface area contributed by atoms with Crippen LogP contribution in [0.25, 0.3) is 0 Å². The fourth-order valence-corrected chi connectivity index (χ4v) is 2.55. The van der Waals surface area contributed by atoms with Gasteiger partial charge in [-0.1, -0.05) is 11.6 Å². The van der Waals surface area contributed by atoms with Crippen LogP contribution in [0, 0.1) is 0 Å². The summed E-state index contributed by atoms with van der Waals surface area (Å²) in [4.78, 5) is 13.7. The quantitative estimate of drug-likeness (QED) is 0.810. The van der Waals surface area contributed by atoms with Gasteiger partial charge in [0.05, 0.1) is 5.02 Å². The second-order valence-electron chi connectivity index (χ2n) is 6.55.